The van der Waals surface area contributed by atoms with Crippen LogP contribution in [0.2, 0.25) is 5.02 Å². The van der Waals surface area contributed by atoms with Crippen LogP contribution in [0.3, 0.4) is 0 Å². The smallest absolute Gasteiger partial charge is 0.123 e. The van der Waals surface area contributed by atoms with E-state index in [1.807, 2.05) is 6.92 Å². The van der Waals surface area contributed by atoms with Gasteiger partial charge in [0.05, 0.1) is 5.02 Å². The predicted molar refractivity (Wildman–Crippen MR) is 56.2 cm³/mol. The van der Waals surface area contributed by atoms with Gasteiger partial charge in [0.1, 0.15) is 5.82 Å². The molecule has 0 aliphatic rings. The topological polar surface area (TPSA) is 0 Å². The van der Waals surface area contributed by atoms with Crippen molar-refractivity contribution in [3.05, 3.63) is 33.9 Å². The van der Waals surface area contributed by atoms with Gasteiger partial charge in [-0.1, -0.05) is 18.5 Å². The standard InChI is InChI=1S/C10H8ClFS/c1-2-8-10(11)7-5-6(12)3-4-9(7)13-8/h3-5H,2H2,1H3. The molecule has 2 aromatic rings. The number of hydrogen-bond donors (Lipinski definition) is 0. The van der Waals surface area contributed by atoms with E-state index in [0.29, 0.717) is 5.02 Å². The van der Waals surface area contributed by atoms with Crippen molar-refractivity contribution in [2.45, 2.75) is 13.3 Å². The third-order valence-electron chi connectivity index (χ3n) is 1.98. The van der Waals surface area contributed by atoms with Crippen LogP contribution >= 0.6 is 22.9 Å². The number of aryl methyl sites for hydroxylation is 1. The number of halogens is 2. The van der Waals surface area contributed by atoms with E-state index >= 15 is 0 Å². The lowest BCUT2D eigenvalue weighted by Gasteiger charge is -1.90. The van der Waals surface area contributed by atoms with Gasteiger partial charge in [-0.2, -0.15) is 0 Å². The molecule has 0 bridgehead atoms. The molecule has 68 valence electrons. The van der Waals surface area contributed by atoms with Gasteiger partial charge in [0.2, 0.25) is 0 Å². The zero-order valence-electron chi connectivity index (χ0n) is 7.10. The second-order valence-corrected chi connectivity index (χ2v) is 4.35. The Morgan fingerprint density at radius 3 is 2.92 bits per heavy atom. The molecule has 0 N–H and O–H groups in total. The maximum atomic E-state index is 12.9. The normalized spacial score (nSPS) is 11.0. The molecule has 0 unspecified atom stereocenters. The number of hydrogen-bond acceptors (Lipinski definition) is 1. The Morgan fingerprint density at radius 1 is 1.46 bits per heavy atom. The summed E-state index contributed by atoms with van der Waals surface area (Å²) in [6.45, 7) is 2.05. The lowest BCUT2D eigenvalue weighted by atomic mass is 10.2. The largest absolute Gasteiger partial charge is 0.207 e. The highest BCUT2D eigenvalue weighted by Gasteiger charge is 2.08. The van der Waals surface area contributed by atoms with Crippen LogP contribution in [-0.2, 0) is 6.42 Å². The molecule has 0 atom stereocenters. The first-order valence-electron chi connectivity index (χ1n) is 4.08. The third kappa shape index (κ3) is 1.45. The Morgan fingerprint density at radius 2 is 2.23 bits per heavy atom. The molecule has 0 saturated carbocycles. The number of thiophene rings is 1. The molecule has 0 saturated heterocycles. The first-order chi connectivity index (χ1) is 6.22. The Labute approximate surface area is 85.0 Å². The number of fused-ring (bicyclic) bond motifs is 1. The fourth-order valence-corrected chi connectivity index (χ4v) is 2.80. The number of benzene rings is 1. The van der Waals surface area contributed by atoms with Crippen LogP contribution in [0.15, 0.2) is 18.2 Å². The fourth-order valence-electron chi connectivity index (χ4n) is 1.32. The summed E-state index contributed by atoms with van der Waals surface area (Å²) in [4.78, 5) is 1.13. The Kier molecular flexibility index (Phi) is 2.26. The molecule has 1 aromatic carbocycles. The molecular weight excluding hydrogens is 207 g/mol. The van der Waals surface area contributed by atoms with Crippen LogP contribution in [0.4, 0.5) is 4.39 Å². The lowest BCUT2D eigenvalue weighted by Crippen LogP contribution is -1.72. The van der Waals surface area contributed by atoms with Gasteiger partial charge in [-0.05, 0) is 24.6 Å². The monoisotopic (exact) mass is 214 g/mol. The quantitative estimate of drug-likeness (QED) is 0.666. The summed E-state index contributed by atoms with van der Waals surface area (Å²) in [7, 11) is 0. The van der Waals surface area contributed by atoms with Crippen LogP contribution in [0.1, 0.15) is 11.8 Å². The fraction of sp³-hybridized carbons (Fsp3) is 0.200. The van der Waals surface area contributed by atoms with Gasteiger partial charge < -0.3 is 0 Å². The van der Waals surface area contributed by atoms with E-state index in [4.69, 9.17) is 11.6 Å². The molecule has 0 aliphatic carbocycles. The van der Waals surface area contributed by atoms with Crippen molar-refractivity contribution in [3.8, 4) is 0 Å². The molecule has 3 heteroatoms. The molecule has 0 spiro atoms. The zero-order valence-corrected chi connectivity index (χ0v) is 8.68. The van der Waals surface area contributed by atoms with Crippen molar-refractivity contribution in [1.29, 1.82) is 0 Å². The molecule has 0 aliphatic heterocycles. The van der Waals surface area contributed by atoms with Gasteiger partial charge in [-0.3, -0.25) is 0 Å². The van der Waals surface area contributed by atoms with E-state index in [2.05, 4.69) is 0 Å². The molecular formula is C10H8ClFS. The summed E-state index contributed by atoms with van der Waals surface area (Å²) >= 11 is 7.71. The van der Waals surface area contributed by atoms with E-state index in [-0.39, 0.29) is 5.82 Å². The summed E-state index contributed by atoms with van der Waals surface area (Å²) in [5.41, 5.74) is 0. The highest BCUT2D eigenvalue weighted by molar-refractivity contribution is 7.19. The molecule has 13 heavy (non-hydrogen) atoms. The molecule has 1 aromatic heterocycles. The third-order valence-corrected chi connectivity index (χ3v) is 3.84. The minimum absolute atomic E-state index is 0.227. The van der Waals surface area contributed by atoms with Crippen molar-refractivity contribution in [2.24, 2.45) is 0 Å². The molecule has 2 rings (SSSR count). The average Bonchev–Trinajstić information content (AvgIpc) is 2.44. The van der Waals surface area contributed by atoms with Gasteiger partial charge >= 0.3 is 0 Å². The highest BCUT2D eigenvalue weighted by atomic mass is 35.5. The highest BCUT2D eigenvalue weighted by Crippen LogP contribution is 2.35. The second-order valence-electron chi connectivity index (χ2n) is 2.83. The Balaban J connectivity index is 2.77. The maximum Gasteiger partial charge on any atom is 0.123 e. The summed E-state index contributed by atoms with van der Waals surface area (Å²) in [6, 6.07) is 4.74. The van der Waals surface area contributed by atoms with Crippen molar-refractivity contribution in [3.63, 3.8) is 0 Å². The lowest BCUT2D eigenvalue weighted by molar-refractivity contribution is 0.630. The van der Waals surface area contributed by atoms with Gasteiger partial charge in [0.15, 0.2) is 0 Å². The first-order valence-corrected chi connectivity index (χ1v) is 5.28. The molecule has 0 amide bonds. The summed E-state index contributed by atoms with van der Waals surface area (Å²) < 4.78 is 13.9. The predicted octanol–water partition coefficient (Wildman–Crippen LogP) is 4.26. The first kappa shape index (κ1) is 8.97. The zero-order chi connectivity index (χ0) is 9.42. The average molecular weight is 215 g/mol. The van der Waals surface area contributed by atoms with Crippen molar-refractivity contribution < 1.29 is 4.39 Å². The van der Waals surface area contributed by atoms with E-state index < -0.39 is 0 Å². The Bertz CT molecular complexity index is 447. The van der Waals surface area contributed by atoms with Crippen LogP contribution in [-0.4, -0.2) is 0 Å². The van der Waals surface area contributed by atoms with Gasteiger partial charge in [-0.15, -0.1) is 11.3 Å². The second kappa shape index (κ2) is 3.28. The van der Waals surface area contributed by atoms with Crippen LogP contribution in [0.25, 0.3) is 10.1 Å². The van der Waals surface area contributed by atoms with Crippen molar-refractivity contribution in [1.82, 2.24) is 0 Å². The maximum absolute atomic E-state index is 12.9. The summed E-state index contributed by atoms with van der Waals surface area (Å²) in [5.74, 6) is -0.227. The Hall–Kier alpha value is -0.600. The van der Waals surface area contributed by atoms with E-state index in [9.17, 15) is 4.39 Å². The SMILES string of the molecule is CCc1sc2ccc(F)cc2c1Cl. The van der Waals surface area contributed by atoms with Crippen molar-refractivity contribution >= 4 is 33.0 Å². The minimum Gasteiger partial charge on any atom is -0.207 e. The molecule has 1 heterocycles. The minimum atomic E-state index is -0.227. The summed E-state index contributed by atoms with van der Waals surface area (Å²) in [5, 5.41) is 1.55. The van der Waals surface area contributed by atoms with E-state index in [1.165, 1.54) is 12.1 Å². The molecule has 0 radical (unpaired) electrons. The van der Waals surface area contributed by atoms with Crippen LogP contribution in [0.5, 0.6) is 0 Å². The van der Waals surface area contributed by atoms with Crippen LogP contribution < -0.4 is 0 Å². The molecule has 0 nitrogen and oxygen atoms in total. The van der Waals surface area contributed by atoms with Gasteiger partial charge in [0, 0.05) is 15.0 Å². The van der Waals surface area contributed by atoms with Crippen molar-refractivity contribution in [2.75, 3.05) is 0 Å². The molecule has 0 fully saturated rings. The van der Waals surface area contributed by atoms with Gasteiger partial charge in [0.25, 0.3) is 0 Å². The van der Waals surface area contributed by atoms with E-state index in [0.717, 1.165) is 21.4 Å². The van der Waals surface area contributed by atoms with Gasteiger partial charge in [-0.25, -0.2) is 4.39 Å². The van der Waals surface area contributed by atoms with E-state index in [1.54, 1.807) is 17.4 Å². The number of rotatable bonds is 1. The summed E-state index contributed by atoms with van der Waals surface area (Å²) in [6.07, 6.45) is 0.903. The van der Waals surface area contributed by atoms with Crippen LogP contribution in [0, 0.1) is 5.82 Å².